The van der Waals surface area contributed by atoms with E-state index < -0.39 is 11.6 Å². The molecule has 2 heterocycles. The van der Waals surface area contributed by atoms with Crippen LogP contribution in [-0.4, -0.2) is 53.8 Å². The second-order valence-corrected chi connectivity index (χ2v) is 7.24. The molecular weight excluding hydrogens is 322 g/mol. The van der Waals surface area contributed by atoms with Crippen molar-refractivity contribution >= 4 is 12.1 Å². The first kappa shape index (κ1) is 19.2. The smallest absolute Gasteiger partial charge is 0.407 e. The lowest BCUT2D eigenvalue weighted by Gasteiger charge is -2.32. The summed E-state index contributed by atoms with van der Waals surface area (Å²) in [7, 11) is 1.35. The Morgan fingerprint density at radius 3 is 2.60 bits per heavy atom. The van der Waals surface area contributed by atoms with Crippen LogP contribution in [0.3, 0.4) is 0 Å². The first-order valence-electron chi connectivity index (χ1n) is 8.52. The Morgan fingerprint density at radius 2 is 2.00 bits per heavy atom. The number of ether oxygens (including phenoxy) is 2. The SMILES string of the molecule is COC(=O)c1cc(CN2CCC(NC(=O)OC(C)(C)C)CC2)ccn1. The monoisotopic (exact) mass is 349 g/mol. The number of nitrogens with one attached hydrogen (secondary N) is 1. The van der Waals surface area contributed by atoms with Crippen molar-refractivity contribution in [3.8, 4) is 0 Å². The molecule has 1 aromatic heterocycles. The Hall–Kier alpha value is -2.15. The van der Waals surface area contributed by atoms with E-state index in [-0.39, 0.29) is 12.1 Å². The van der Waals surface area contributed by atoms with Crippen LogP contribution in [0.2, 0.25) is 0 Å². The molecule has 7 nitrogen and oxygen atoms in total. The van der Waals surface area contributed by atoms with Gasteiger partial charge in [0.2, 0.25) is 0 Å². The summed E-state index contributed by atoms with van der Waals surface area (Å²) in [5.41, 5.74) is 0.860. The zero-order valence-corrected chi connectivity index (χ0v) is 15.4. The molecule has 0 spiro atoms. The van der Waals surface area contributed by atoms with Gasteiger partial charge in [0.05, 0.1) is 7.11 Å². The molecule has 1 aromatic rings. The maximum atomic E-state index is 11.8. The standard InChI is InChI=1S/C18H27N3O4/c1-18(2,3)25-17(23)20-14-6-9-21(10-7-14)12-13-5-8-19-15(11-13)16(22)24-4/h5,8,11,14H,6-7,9-10,12H2,1-4H3,(H,20,23). The van der Waals surface area contributed by atoms with Crippen molar-refractivity contribution in [2.24, 2.45) is 0 Å². The lowest BCUT2D eigenvalue weighted by Crippen LogP contribution is -2.45. The zero-order chi connectivity index (χ0) is 18.4. The molecular formula is C18H27N3O4. The first-order chi connectivity index (χ1) is 11.8. The van der Waals surface area contributed by atoms with E-state index in [1.54, 1.807) is 12.3 Å². The molecule has 2 rings (SSSR count). The third-order valence-corrected chi connectivity index (χ3v) is 3.93. The Kier molecular flexibility index (Phi) is 6.36. The molecule has 1 aliphatic rings. The second-order valence-electron chi connectivity index (χ2n) is 7.24. The van der Waals surface area contributed by atoms with Crippen LogP contribution in [0.4, 0.5) is 4.79 Å². The molecule has 0 aromatic carbocycles. The number of likely N-dealkylation sites (tertiary alicyclic amines) is 1. The number of nitrogens with zero attached hydrogens (tertiary/aromatic N) is 2. The number of hydrogen-bond acceptors (Lipinski definition) is 6. The summed E-state index contributed by atoms with van der Waals surface area (Å²) in [6.45, 7) is 8.05. The van der Waals surface area contributed by atoms with Crippen LogP contribution in [-0.2, 0) is 16.0 Å². The van der Waals surface area contributed by atoms with Gasteiger partial charge < -0.3 is 14.8 Å². The summed E-state index contributed by atoms with van der Waals surface area (Å²) in [5.74, 6) is -0.429. The number of amides is 1. The van der Waals surface area contributed by atoms with Crippen molar-refractivity contribution < 1.29 is 19.1 Å². The van der Waals surface area contributed by atoms with Gasteiger partial charge in [-0.1, -0.05) is 0 Å². The van der Waals surface area contributed by atoms with Gasteiger partial charge in [0.25, 0.3) is 0 Å². The Balaban J connectivity index is 1.81. The van der Waals surface area contributed by atoms with Crippen LogP contribution >= 0.6 is 0 Å². The van der Waals surface area contributed by atoms with Gasteiger partial charge in [0.1, 0.15) is 11.3 Å². The van der Waals surface area contributed by atoms with Crippen LogP contribution in [0.15, 0.2) is 18.3 Å². The number of aromatic nitrogens is 1. The summed E-state index contributed by atoms with van der Waals surface area (Å²) >= 11 is 0. The van der Waals surface area contributed by atoms with Crippen LogP contribution in [0, 0.1) is 0 Å². The normalized spacial score (nSPS) is 16.3. The van der Waals surface area contributed by atoms with Crippen LogP contribution in [0.25, 0.3) is 0 Å². The van der Waals surface area contributed by atoms with Crippen LogP contribution in [0.1, 0.15) is 49.7 Å². The highest BCUT2D eigenvalue weighted by Crippen LogP contribution is 2.15. The van der Waals surface area contributed by atoms with Crippen molar-refractivity contribution in [1.82, 2.24) is 15.2 Å². The lowest BCUT2D eigenvalue weighted by atomic mass is 10.0. The van der Waals surface area contributed by atoms with Crippen molar-refractivity contribution in [2.45, 2.75) is 51.8 Å². The number of carbonyl (C=O) groups excluding carboxylic acids is 2. The fourth-order valence-electron chi connectivity index (χ4n) is 2.76. The molecule has 138 valence electrons. The van der Waals surface area contributed by atoms with Gasteiger partial charge in [-0.2, -0.15) is 0 Å². The van der Waals surface area contributed by atoms with Crippen molar-refractivity contribution in [3.05, 3.63) is 29.6 Å². The third kappa shape index (κ3) is 6.34. The zero-order valence-electron chi connectivity index (χ0n) is 15.4. The second kappa shape index (κ2) is 8.29. The molecule has 0 bridgehead atoms. The van der Waals surface area contributed by atoms with E-state index in [1.807, 2.05) is 26.8 Å². The molecule has 1 aliphatic heterocycles. The van der Waals surface area contributed by atoms with Crippen molar-refractivity contribution in [2.75, 3.05) is 20.2 Å². The van der Waals surface area contributed by atoms with Gasteiger partial charge in [-0.15, -0.1) is 0 Å². The Bertz CT molecular complexity index is 605. The lowest BCUT2D eigenvalue weighted by molar-refractivity contribution is 0.0477. The molecule has 1 amide bonds. The minimum absolute atomic E-state index is 0.133. The Labute approximate surface area is 148 Å². The summed E-state index contributed by atoms with van der Waals surface area (Å²) in [4.78, 5) is 29.7. The van der Waals surface area contributed by atoms with E-state index in [0.717, 1.165) is 38.0 Å². The van der Waals surface area contributed by atoms with E-state index in [4.69, 9.17) is 9.47 Å². The van der Waals surface area contributed by atoms with Crippen molar-refractivity contribution in [3.63, 3.8) is 0 Å². The number of methoxy groups -OCH3 is 1. The molecule has 0 radical (unpaired) electrons. The van der Waals surface area contributed by atoms with E-state index in [0.29, 0.717) is 5.69 Å². The van der Waals surface area contributed by atoms with Gasteiger partial charge in [-0.3, -0.25) is 4.90 Å². The molecule has 0 saturated carbocycles. The maximum absolute atomic E-state index is 11.8. The Morgan fingerprint density at radius 1 is 1.32 bits per heavy atom. The minimum Gasteiger partial charge on any atom is -0.464 e. The summed E-state index contributed by atoms with van der Waals surface area (Å²) in [6.07, 6.45) is 3.00. The molecule has 0 unspecified atom stereocenters. The van der Waals surface area contributed by atoms with Crippen LogP contribution < -0.4 is 5.32 Å². The predicted molar refractivity (Wildman–Crippen MR) is 93.2 cm³/mol. The number of pyridine rings is 1. The molecule has 25 heavy (non-hydrogen) atoms. The van der Waals surface area contributed by atoms with Crippen molar-refractivity contribution in [1.29, 1.82) is 0 Å². The van der Waals surface area contributed by atoms with Gasteiger partial charge >= 0.3 is 12.1 Å². The fourth-order valence-corrected chi connectivity index (χ4v) is 2.76. The highest BCUT2D eigenvalue weighted by Gasteiger charge is 2.23. The predicted octanol–water partition coefficient (Wildman–Crippen LogP) is 2.36. The minimum atomic E-state index is -0.483. The van der Waals surface area contributed by atoms with Gasteiger partial charge in [-0.25, -0.2) is 14.6 Å². The quantitative estimate of drug-likeness (QED) is 0.841. The van der Waals surface area contributed by atoms with E-state index >= 15 is 0 Å². The van der Waals surface area contributed by atoms with Gasteiger partial charge in [0, 0.05) is 31.9 Å². The largest absolute Gasteiger partial charge is 0.464 e. The highest BCUT2D eigenvalue weighted by molar-refractivity contribution is 5.87. The number of alkyl carbamates (subject to hydrolysis) is 1. The fraction of sp³-hybridized carbons (Fsp3) is 0.611. The highest BCUT2D eigenvalue weighted by atomic mass is 16.6. The molecule has 0 atom stereocenters. The van der Waals surface area contributed by atoms with Gasteiger partial charge in [-0.05, 0) is 51.3 Å². The summed E-state index contributed by atoms with van der Waals surface area (Å²) in [6, 6.07) is 3.79. The van der Waals surface area contributed by atoms with Crippen LogP contribution in [0.5, 0.6) is 0 Å². The third-order valence-electron chi connectivity index (χ3n) is 3.93. The molecule has 1 saturated heterocycles. The molecule has 0 aliphatic carbocycles. The molecule has 7 heteroatoms. The summed E-state index contributed by atoms with van der Waals surface area (Å²) < 4.78 is 9.99. The number of rotatable bonds is 4. The van der Waals surface area contributed by atoms with E-state index in [2.05, 4.69) is 15.2 Å². The summed E-state index contributed by atoms with van der Waals surface area (Å²) in [5, 5.41) is 2.93. The maximum Gasteiger partial charge on any atom is 0.407 e. The molecule has 1 N–H and O–H groups in total. The first-order valence-corrected chi connectivity index (χ1v) is 8.52. The van der Waals surface area contributed by atoms with E-state index in [1.165, 1.54) is 7.11 Å². The molecule has 1 fully saturated rings. The van der Waals surface area contributed by atoms with E-state index in [9.17, 15) is 9.59 Å². The number of carbonyl (C=O) groups is 2. The topological polar surface area (TPSA) is 80.8 Å². The average Bonchev–Trinajstić information content (AvgIpc) is 2.54. The average molecular weight is 349 g/mol. The van der Waals surface area contributed by atoms with Gasteiger partial charge in [0.15, 0.2) is 0 Å². The number of esters is 1. The number of hydrogen-bond donors (Lipinski definition) is 1. The number of piperidine rings is 1.